The van der Waals surface area contributed by atoms with Crippen molar-refractivity contribution < 1.29 is 24.0 Å². The summed E-state index contributed by atoms with van der Waals surface area (Å²) in [6.07, 6.45) is -0.255. The van der Waals surface area contributed by atoms with Gasteiger partial charge in [0.25, 0.3) is 17.5 Å². The van der Waals surface area contributed by atoms with Gasteiger partial charge in [-0.2, -0.15) is 0 Å². The zero-order chi connectivity index (χ0) is 18.3. The normalized spacial score (nSPS) is 23.0. The number of nitro groups is 1. The minimum absolute atomic E-state index is 0.0456. The minimum Gasteiger partial charge on any atom is -0.372 e. The predicted molar refractivity (Wildman–Crippen MR) is 85.1 cm³/mol. The Kier molecular flexibility index (Phi) is 4.25. The van der Waals surface area contributed by atoms with Crippen LogP contribution in [0.1, 0.15) is 34.6 Å². The highest BCUT2D eigenvalue weighted by molar-refractivity contribution is 6.22. The molecule has 0 aromatic heterocycles. The van der Waals surface area contributed by atoms with Crippen LogP contribution in [-0.4, -0.2) is 64.3 Å². The average Bonchev–Trinajstić information content (AvgIpc) is 2.78. The van der Waals surface area contributed by atoms with Crippen LogP contribution in [0, 0.1) is 10.1 Å². The first-order valence-corrected chi connectivity index (χ1v) is 7.85. The Hall–Kier alpha value is -2.81. The zero-order valence-electron chi connectivity index (χ0n) is 13.8. The Morgan fingerprint density at radius 3 is 2.40 bits per heavy atom. The van der Waals surface area contributed by atoms with Gasteiger partial charge in [-0.1, -0.05) is 0 Å². The fraction of sp³-hybridized carbons (Fsp3) is 0.438. The van der Waals surface area contributed by atoms with Crippen molar-refractivity contribution in [1.29, 1.82) is 0 Å². The fourth-order valence-electron chi connectivity index (χ4n) is 3.15. The molecule has 9 nitrogen and oxygen atoms in total. The largest absolute Gasteiger partial charge is 0.372 e. The van der Waals surface area contributed by atoms with Gasteiger partial charge in [-0.25, -0.2) is 0 Å². The van der Waals surface area contributed by atoms with Gasteiger partial charge in [0.15, 0.2) is 0 Å². The number of carbonyl (C=O) groups excluding carboxylic acids is 3. The maximum atomic E-state index is 12.5. The lowest BCUT2D eigenvalue weighted by molar-refractivity contribution is -0.384. The van der Waals surface area contributed by atoms with Crippen molar-refractivity contribution in [2.75, 3.05) is 19.6 Å². The lowest BCUT2D eigenvalue weighted by atomic mass is 10.1. The van der Waals surface area contributed by atoms with Gasteiger partial charge in [0, 0.05) is 25.2 Å². The van der Waals surface area contributed by atoms with Crippen LogP contribution in [0.25, 0.3) is 0 Å². The molecule has 132 valence electrons. The Balaban J connectivity index is 1.77. The Bertz CT molecular complexity index is 767. The summed E-state index contributed by atoms with van der Waals surface area (Å²) >= 11 is 0. The van der Waals surface area contributed by atoms with Gasteiger partial charge in [-0.3, -0.25) is 29.4 Å². The van der Waals surface area contributed by atoms with E-state index in [4.69, 9.17) is 4.74 Å². The molecule has 2 aliphatic rings. The molecule has 9 heteroatoms. The number of rotatable bonds is 3. The van der Waals surface area contributed by atoms with Gasteiger partial charge in [-0.15, -0.1) is 0 Å². The number of imide groups is 1. The summed E-state index contributed by atoms with van der Waals surface area (Å²) in [4.78, 5) is 49.9. The molecule has 0 spiro atoms. The van der Waals surface area contributed by atoms with Crippen molar-refractivity contribution in [1.82, 2.24) is 9.80 Å². The van der Waals surface area contributed by atoms with E-state index in [2.05, 4.69) is 0 Å². The van der Waals surface area contributed by atoms with E-state index in [1.54, 1.807) is 4.90 Å². The molecule has 0 unspecified atom stereocenters. The first-order valence-electron chi connectivity index (χ1n) is 7.85. The van der Waals surface area contributed by atoms with Gasteiger partial charge in [0.2, 0.25) is 5.91 Å². The van der Waals surface area contributed by atoms with Crippen LogP contribution in [0.3, 0.4) is 0 Å². The Labute approximate surface area is 143 Å². The summed E-state index contributed by atoms with van der Waals surface area (Å²) in [5, 5.41) is 10.8. The van der Waals surface area contributed by atoms with E-state index in [-0.39, 0.29) is 41.5 Å². The van der Waals surface area contributed by atoms with Crippen LogP contribution in [-0.2, 0) is 9.53 Å². The summed E-state index contributed by atoms with van der Waals surface area (Å²) in [6, 6.07) is 3.48. The molecule has 0 N–H and O–H groups in total. The van der Waals surface area contributed by atoms with Crippen molar-refractivity contribution >= 4 is 23.4 Å². The summed E-state index contributed by atoms with van der Waals surface area (Å²) in [5.41, 5.74) is -0.244. The number of amides is 3. The third-order valence-electron chi connectivity index (χ3n) is 4.23. The molecule has 0 aliphatic carbocycles. The molecule has 1 aromatic carbocycles. The average molecular weight is 347 g/mol. The summed E-state index contributed by atoms with van der Waals surface area (Å²) < 4.78 is 5.56. The number of carbonyl (C=O) groups is 3. The number of ether oxygens (including phenoxy) is 1. The van der Waals surface area contributed by atoms with E-state index in [0.29, 0.717) is 13.1 Å². The van der Waals surface area contributed by atoms with Crippen molar-refractivity contribution in [3.8, 4) is 0 Å². The summed E-state index contributed by atoms with van der Waals surface area (Å²) in [6.45, 7) is 4.07. The van der Waals surface area contributed by atoms with E-state index in [1.807, 2.05) is 13.8 Å². The molecule has 3 amide bonds. The van der Waals surface area contributed by atoms with E-state index in [9.17, 15) is 24.5 Å². The van der Waals surface area contributed by atoms with Crippen molar-refractivity contribution in [3.05, 3.63) is 39.4 Å². The summed E-state index contributed by atoms with van der Waals surface area (Å²) in [7, 11) is 0. The molecule has 2 heterocycles. The highest BCUT2D eigenvalue weighted by Crippen LogP contribution is 2.27. The molecular weight excluding hydrogens is 330 g/mol. The second-order valence-corrected chi connectivity index (χ2v) is 6.24. The molecule has 0 radical (unpaired) electrons. The second-order valence-electron chi connectivity index (χ2n) is 6.24. The van der Waals surface area contributed by atoms with Crippen LogP contribution in [0.15, 0.2) is 18.2 Å². The van der Waals surface area contributed by atoms with Crippen LogP contribution in [0.2, 0.25) is 0 Å². The second kappa shape index (κ2) is 6.25. The lowest BCUT2D eigenvalue weighted by Gasteiger charge is -2.35. The monoisotopic (exact) mass is 347 g/mol. The maximum absolute atomic E-state index is 12.5. The first-order chi connectivity index (χ1) is 11.8. The van der Waals surface area contributed by atoms with Gasteiger partial charge in [-0.05, 0) is 19.9 Å². The quantitative estimate of drug-likeness (QED) is 0.455. The van der Waals surface area contributed by atoms with Crippen LogP contribution >= 0.6 is 0 Å². The number of fused-ring (bicyclic) bond motifs is 1. The zero-order valence-corrected chi connectivity index (χ0v) is 13.8. The Morgan fingerprint density at radius 2 is 1.80 bits per heavy atom. The minimum atomic E-state index is -0.689. The van der Waals surface area contributed by atoms with E-state index < -0.39 is 16.7 Å². The number of nitro benzene ring substituents is 1. The van der Waals surface area contributed by atoms with Crippen LogP contribution in [0.4, 0.5) is 5.69 Å². The molecule has 2 aliphatic heterocycles. The highest BCUT2D eigenvalue weighted by Gasteiger charge is 2.39. The standard InChI is InChI=1S/C16H17N3O6/c1-9-6-17(7-10(2)25-9)14(20)8-18-15(21)12-4-3-11(19(23)24)5-13(12)16(18)22/h3-5,9-10H,6-8H2,1-2H3/t9-,10-/m0/s1. The van der Waals surface area contributed by atoms with Gasteiger partial charge in [0.1, 0.15) is 6.54 Å². The van der Waals surface area contributed by atoms with E-state index >= 15 is 0 Å². The van der Waals surface area contributed by atoms with Gasteiger partial charge >= 0.3 is 0 Å². The SMILES string of the molecule is C[C@H]1CN(C(=O)CN2C(=O)c3ccc([N+](=O)[O-])cc3C2=O)C[C@H](C)O1. The molecule has 25 heavy (non-hydrogen) atoms. The highest BCUT2D eigenvalue weighted by atomic mass is 16.6. The molecule has 1 saturated heterocycles. The number of non-ortho nitro benzene ring substituents is 1. The lowest BCUT2D eigenvalue weighted by Crippen LogP contribution is -2.51. The molecular formula is C16H17N3O6. The van der Waals surface area contributed by atoms with E-state index in [0.717, 1.165) is 11.0 Å². The molecule has 1 aromatic rings. The third kappa shape index (κ3) is 3.10. The van der Waals surface area contributed by atoms with E-state index in [1.165, 1.54) is 12.1 Å². The predicted octanol–water partition coefficient (Wildman–Crippen LogP) is 0.827. The smallest absolute Gasteiger partial charge is 0.270 e. The van der Waals surface area contributed by atoms with Crippen LogP contribution in [0.5, 0.6) is 0 Å². The Morgan fingerprint density at radius 1 is 1.20 bits per heavy atom. The molecule has 0 saturated carbocycles. The number of benzene rings is 1. The number of morpholine rings is 1. The number of nitrogens with zero attached hydrogens (tertiary/aromatic N) is 3. The van der Waals surface area contributed by atoms with Crippen LogP contribution < -0.4 is 0 Å². The maximum Gasteiger partial charge on any atom is 0.270 e. The first kappa shape index (κ1) is 17.0. The van der Waals surface area contributed by atoms with Gasteiger partial charge in [0.05, 0.1) is 28.3 Å². The number of hydrogen-bond acceptors (Lipinski definition) is 6. The van der Waals surface area contributed by atoms with Crippen molar-refractivity contribution in [2.24, 2.45) is 0 Å². The molecule has 1 fully saturated rings. The topological polar surface area (TPSA) is 110 Å². The third-order valence-corrected chi connectivity index (χ3v) is 4.23. The van der Waals surface area contributed by atoms with Crippen molar-refractivity contribution in [3.63, 3.8) is 0 Å². The molecule has 2 atom stereocenters. The van der Waals surface area contributed by atoms with Gasteiger partial charge < -0.3 is 9.64 Å². The molecule has 3 rings (SSSR count). The summed E-state index contributed by atoms with van der Waals surface area (Å²) in [5.74, 6) is -1.66. The number of hydrogen-bond donors (Lipinski definition) is 0. The fourth-order valence-corrected chi connectivity index (χ4v) is 3.15. The van der Waals surface area contributed by atoms with Crippen molar-refractivity contribution in [2.45, 2.75) is 26.1 Å². The molecule has 0 bridgehead atoms.